The van der Waals surface area contributed by atoms with E-state index in [4.69, 9.17) is 11.6 Å². The number of alkyl halides is 1. The average Bonchev–Trinajstić information content (AvgIpc) is 2.37. The van der Waals surface area contributed by atoms with Gasteiger partial charge in [0.1, 0.15) is 0 Å². The van der Waals surface area contributed by atoms with Gasteiger partial charge in [-0.05, 0) is 40.4 Å². The molecule has 18 heavy (non-hydrogen) atoms. The largest absolute Gasteiger partial charge is 0.352 e. The summed E-state index contributed by atoms with van der Waals surface area (Å²) in [6, 6.07) is 5.35. The van der Waals surface area contributed by atoms with Crippen LogP contribution in [0.15, 0.2) is 22.7 Å². The minimum atomic E-state index is -0.116. The third kappa shape index (κ3) is 4.56. The number of benzene rings is 1. The van der Waals surface area contributed by atoms with Crippen molar-refractivity contribution in [3.63, 3.8) is 0 Å². The van der Waals surface area contributed by atoms with Crippen LogP contribution in [0.2, 0.25) is 5.02 Å². The normalized spacial score (nSPS) is 12.2. The Morgan fingerprint density at radius 1 is 1.50 bits per heavy atom. The zero-order valence-corrected chi connectivity index (χ0v) is 14.1. The number of hydrogen-bond acceptors (Lipinski definition) is 1. The fourth-order valence-electron chi connectivity index (χ4n) is 1.62. The second-order valence-electron chi connectivity index (χ2n) is 4.06. The van der Waals surface area contributed by atoms with E-state index in [1.165, 1.54) is 0 Å². The summed E-state index contributed by atoms with van der Waals surface area (Å²) in [4.78, 5) is 12.0. The first-order chi connectivity index (χ1) is 8.60. The molecule has 0 aromatic heterocycles. The molecule has 1 unspecified atom stereocenters. The molecule has 1 N–H and O–H groups in total. The fourth-order valence-corrected chi connectivity index (χ4v) is 2.84. The van der Waals surface area contributed by atoms with Crippen LogP contribution in [0.25, 0.3) is 0 Å². The Morgan fingerprint density at radius 3 is 2.83 bits per heavy atom. The van der Waals surface area contributed by atoms with E-state index in [1.54, 1.807) is 12.1 Å². The van der Waals surface area contributed by atoms with Gasteiger partial charge in [-0.1, -0.05) is 46.9 Å². The lowest BCUT2D eigenvalue weighted by atomic mass is 10.0. The molecule has 5 heteroatoms. The van der Waals surface area contributed by atoms with Crippen molar-refractivity contribution in [3.8, 4) is 0 Å². The second kappa shape index (κ2) is 8.18. The first-order valence-electron chi connectivity index (χ1n) is 5.88. The summed E-state index contributed by atoms with van der Waals surface area (Å²) in [5, 5.41) is 4.36. The van der Waals surface area contributed by atoms with E-state index >= 15 is 0 Å². The van der Waals surface area contributed by atoms with Crippen molar-refractivity contribution in [3.05, 3.63) is 33.3 Å². The third-order valence-corrected chi connectivity index (χ3v) is 4.60. The van der Waals surface area contributed by atoms with Crippen LogP contribution in [0, 0.1) is 5.92 Å². The topological polar surface area (TPSA) is 29.1 Å². The van der Waals surface area contributed by atoms with Crippen LogP contribution in [0.4, 0.5) is 0 Å². The van der Waals surface area contributed by atoms with Crippen molar-refractivity contribution >= 4 is 49.4 Å². The smallest absolute Gasteiger partial charge is 0.252 e. The van der Waals surface area contributed by atoms with Crippen molar-refractivity contribution in [1.82, 2.24) is 5.32 Å². The molecule has 0 aliphatic heterocycles. The maximum Gasteiger partial charge on any atom is 0.252 e. The molecule has 2 nitrogen and oxygen atoms in total. The van der Waals surface area contributed by atoms with Gasteiger partial charge in [-0.25, -0.2) is 0 Å². The van der Waals surface area contributed by atoms with E-state index in [2.05, 4.69) is 44.1 Å². The van der Waals surface area contributed by atoms with Gasteiger partial charge in [0.05, 0.1) is 10.6 Å². The highest BCUT2D eigenvalue weighted by molar-refractivity contribution is 9.10. The predicted octanol–water partition coefficient (Wildman–Crippen LogP) is 4.64. The number of amides is 1. The summed E-state index contributed by atoms with van der Waals surface area (Å²) < 4.78 is 0.740. The van der Waals surface area contributed by atoms with Crippen LogP contribution in [0.3, 0.4) is 0 Å². The van der Waals surface area contributed by atoms with Crippen molar-refractivity contribution in [1.29, 1.82) is 0 Å². The molecule has 1 aromatic rings. The molecular formula is C13H16Br2ClNO. The number of halogens is 3. The average molecular weight is 398 g/mol. The van der Waals surface area contributed by atoms with E-state index < -0.39 is 0 Å². The zero-order valence-electron chi connectivity index (χ0n) is 10.2. The Kier molecular flexibility index (Phi) is 7.27. The van der Waals surface area contributed by atoms with Gasteiger partial charge in [0.2, 0.25) is 0 Å². The molecule has 1 amide bonds. The molecule has 1 aromatic carbocycles. The molecule has 0 aliphatic carbocycles. The molecule has 0 saturated heterocycles. The number of nitrogens with one attached hydrogen (secondary N) is 1. The highest BCUT2D eigenvalue weighted by Crippen LogP contribution is 2.25. The fraction of sp³-hybridized carbons (Fsp3) is 0.462. The molecule has 100 valence electrons. The van der Waals surface area contributed by atoms with Crippen LogP contribution in [0.1, 0.15) is 30.1 Å². The number of rotatable bonds is 6. The summed E-state index contributed by atoms with van der Waals surface area (Å²) in [7, 11) is 0. The lowest BCUT2D eigenvalue weighted by Crippen LogP contribution is -2.29. The summed E-state index contributed by atoms with van der Waals surface area (Å²) in [5.74, 6) is 0.383. The van der Waals surface area contributed by atoms with Crippen molar-refractivity contribution < 1.29 is 4.79 Å². The Morgan fingerprint density at radius 2 is 2.22 bits per heavy atom. The first-order valence-corrected chi connectivity index (χ1v) is 8.17. The highest BCUT2D eigenvalue weighted by Gasteiger charge is 2.13. The van der Waals surface area contributed by atoms with Gasteiger partial charge < -0.3 is 5.32 Å². The van der Waals surface area contributed by atoms with Crippen molar-refractivity contribution in [2.45, 2.75) is 19.8 Å². The summed E-state index contributed by atoms with van der Waals surface area (Å²) >= 11 is 12.8. The van der Waals surface area contributed by atoms with E-state index in [0.29, 0.717) is 23.0 Å². The number of carbonyl (C=O) groups excluding carboxylic acids is 1. The monoisotopic (exact) mass is 395 g/mol. The highest BCUT2D eigenvalue weighted by atomic mass is 79.9. The van der Waals surface area contributed by atoms with Gasteiger partial charge in [-0.2, -0.15) is 0 Å². The van der Waals surface area contributed by atoms with Gasteiger partial charge in [-0.3, -0.25) is 4.79 Å². The SMILES string of the molecule is CCC(CCBr)CNC(=O)c1cccc(Br)c1Cl. The van der Waals surface area contributed by atoms with Gasteiger partial charge in [0.25, 0.3) is 5.91 Å². The Bertz CT molecular complexity index is 412. The van der Waals surface area contributed by atoms with Crippen LogP contribution in [-0.4, -0.2) is 17.8 Å². The predicted molar refractivity (Wildman–Crippen MR) is 83.7 cm³/mol. The van der Waals surface area contributed by atoms with Crippen molar-refractivity contribution in [2.24, 2.45) is 5.92 Å². The molecule has 0 fully saturated rings. The van der Waals surface area contributed by atoms with E-state index in [0.717, 1.165) is 22.6 Å². The number of carbonyl (C=O) groups is 1. The molecular weight excluding hydrogens is 381 g/mol. The van der Waals surface area contributed by atoms with Crippen LogP contribution < -0.4 is 5.32 Å². The summed E-state index contributed by atoms with van der Waals surface area (Å²) in [6.07, 6.45) is 2.11. The second-order valence-corrected chi connectivity index (χ2v) is 6.09. The van der Waals surface area contributed by atoms with Gasteiger partial charge >= 0.3 is 0 Å². The van der Waals surface area contributed by atoms with E-state index in [1.807, 2.05) is 6.07 Å². The standard InChI is InChI=1S/C13H16Br2ClNO/c1-2-9(6-7-14)8-17-13(18)10-4-3-5-11(15)12(10)16/h3-5,9H,2,6-8H2,1H3,(H,17,18). The van der Waals surface area contributed by atoms with Gasteiger partial charge in [0.15, 0.2) is 0 Å². The van der Waals surface area contributed by atoms with Gasteiger partial charge in [0, 0.05) is 16.3 Å². The minimum absolute atomic E-state index is 0.116. The van der Waals surface area contributed by atoms with Crippen molar-refractivity contribution in [2.75, 3.05) is 11.9 Å². The van der Waals surface area contributed by atoms with Crippen LogP contribution >= 0.6 is 43.5 Å². The lowest BCUT2D eigenvalue weighted by Gasteiger charge is -2.14. The molecule has 0 bridgehead atoms. The van der Waals surface area contributed by atoms with E-state index in [-0.39, 0.29) is 5.91 Å². The van der Waals surface area contributed by atoms with Gasteiger partial charge in [-0.15, -0.1) is 0 Å². The van der Waals surface area contributed by atoms with E-state index in [9.17, 15) is 4.79 Å². The minimum Gasteiger partial charge on any atom is -0.352 e. The Balaban J connectivity index is 2.62. The molecule has 0 spiro atoms. The summed E-state index contributed by atoms with van der Waals surface area (Å²) in [6.45, 7) is 2.81. The summed E-state index contributed by atoms with van der Waals surface area (Å²) in [5.41, 5.74) is 0.514. The Hall–Kier alpha value is -0.0600. The van der Waals surface area contributed by atoms with Crippen LogP contribution in [0.5, 0.6) is 0 Å². The first kappa shape index (κ1) is 16.0. The zero-order chi connectivity index (χ0) is 13.5. The maximum atomic E-state index is 12.0. The third-order valence-electron chi connectivity index (χ3n) is 2.84. The molecule has 0 heterocycles. The molecule has 1 atom stereocenters. The quantitative estimate of drug-likeness (QED) is 0.696. The molecule has 0 aliphatic rings. The van der Waals surface area contributed by atoms with Crippen LogP contribution in [-0.2, 0) is 0 Å². The molecule has 0 radical (unpaired) electrons. The maximum absolute atomic E-state index is 12.0. The lowest BCUT2D eigenvalue weighted by molar-refractivity contribution is 0.0946. The Labute approximate surface area is 130 Å². The molecule has 0 saturated carbocycles. The number of hydrogen-bond donors (Lipinski definition) is 1. The molecule has 1 rings (SSSR count).